The molecule has 1 aromatic carbocycles. The summed E-state index contributed by atoms with van der Waals surface area (Å²) in [4.78, 5) is 29.7. The molecule has 1 spiro atoms. The number of nitrogens with two attached hydrogens (primary N) is 1. The molecule has 0 aliphatic carbocycles. The van der Waals surface area contributed by atoms with Crippen LogP contribution in [0, 0.1) is 6.42 Å². The second-order valence-corrected chi connectivity index (χ2v) is 16.7. The molecule has 4 rings (SSSR count). The molecule has 2 fully saturated rings. The minimum atomic E-state index is -3.79. The standard InChI is InChI=1S/C23H32N3O6SSi/c1-34(2,22(24)28)14-13-33(29,30)20(18-3-4-19-17(15-18)5-8-25-19)16-21(27)26-9-6-23(7-10-26)31-11-12-32-23/h3-5,8,15-16,20,25H,6-7,9-14H2,1-2H3,(H2,24,28). The van der Waals surface area contributed by atoms with Crippen molar-refractivity contribution in [3.8, 4) is 0 Å². The Labute approximate surface area is 200 Å². The first kappa shape index (κ1) is 24.9. The van der Waals surface area contributed by atoms with Gasteiger partial charge >= 0.3 is 0 Å². The Morgan fingerprint density at radius 2 is 1.88 bits per heavy atom. The number of ether oxygens (including phenoxy) is 2. The van der Waals surface area contributed by atoms with Gasteiger partial charge in [0.2, 0.25) is 5.91 Å². The number of nitrogens with one attached hydrogen (secondary N) is 1. The Hall–Kier alpha value is -2.21. The lowest BCUT2D eigenvalue weighted by Crippen LogP contribution is -2.48. The number of primary amides is 1. The first-order valence-corrected chi connectivity index (χ1v) is 16.4. The maximum Gasteiger partial charge on any atom is 0.228 e. The van der Waals surface area contributed by atoms with Crippen molar-refractivity contribution in [1.29, 1.82) is 0 Å². The maximum atomic E-state index is 13.5. The fraction of sp³-hybridized carbons (Fsp3) is 0.522. The van der Waals surface area contributed by atoms with Crippen molar-refractivity contribution >= 4 is 40.3 Å². The number of hydrogen-bond acceptors (Lipinski definition) is 6. The Morgan fingerprint density at radius 3 is 2.53 bits per heavy atom. The normalized spacial score (nSPS) is 19.5. The molecule has 0 bridgehead atoms. The average molecular weight is 507 g/mol. The molecule has 185 valence electrons. The predicted octanol–water partition coefficient (Wildman–Crippen LogP) is 2.56. The van der Waals surface area contributed by atoms with Crippen molar-refractivity contribution in [2.24, 2.45) is 5.73 Å². The van der Waals surface area contributed by atoms with E-state index in [0.717, 1.165) is 10.9 Å². The molecule has 2 aliphatic heterocycles. The Morgan fingerprint density at radius 1 is 1.21 bits per heavy atom. The zero-order chi connectivity index (χ0) is 24.6. The number of likely N-dealkylation sites (tertiary alicyclic amines) is 1. The molecule has 1 unspecified atom stereocenters. The molecule has 11 heteroatoms. The van der Waals surface area contributed by atoms with Gasteiger partial charge in [-0.15, -0.1) is 0 Å². The van der Waals surface area contributed by atoms with Crippen LogP contribution in [0.5, 0.6) is 0 Å². The van der Waals surface area contributed by atoms with Gasteiger partial charge in [0.15, 0.2) is 29.2 Å². The molecule has 3 N–H and O–H groups in total. The van der Waals surface area contributed by atoms with Crippen LogP contribution in [0.1, 0.15) is 23.7 Å². The van der Waals surface area contributed by atoms with Gasteiger partial charge in [-0.25, -0.2) is 8.42 Å². The van der Waals surface area contributed by atoms with Gasteiger partial charge in [0, 0.05) is 43.4 Å². The monoisotopic (exact) mass is 506 g/mol. The van der Waals surface area contributed by atoms with E-state index in [9.17, 15) is 18.0 Å². The van der Waals surface area contributed by atoms with Gasteiger partial charge in [-0.2, -0.15) is 0 Å². The van der Waals surface area contributed by atoms with Crippen LogP contribution in [-0.4, -0.2) is 75.7 Å². The predicted molar refractivity (Wildman–Crippen MR) is 131 cm³/mol. The number of carbonyl (C=O) groups is 2. The number of hydrogen-bond donors (Lipinski definition) is 2. The molecule has 1 radical (unpaired) electrons. The second-order valence-electron chi connectivity index (χ2n) is 9.71. The van der Waals surface area contributed by atoms with Gasteiger partial charge in [-0.3, -0.25) is 9.59 Å². The van der Waals surface area contributed by atoms with Crippen molar-refractivity contribution in [3.63, 3.8) is 0 Å². The van der Waals surface area contributed by atoms with Crippen molar-refractivity contribution < 1.29 is 27.5 Å². The van der Waals surface area contributed by atoms with E-state index in [1.54, 1.807) is 36.3 Å². The van der Waals surface area contributed by atoms with E-state index in [1.807, 2.05) is 12.1 Å². The average Bonchev–Trinajstić information content (AvgIpc) is 3.45. The van der Waals surface area contributed by atoms with Crippen LogP contribution >= 0.6 is 0 Å². The summed E-state index contributed by atoms with van der Waals surface area (Å²) in [7, 11) is -6.33. The molecule has 2 saturated heterocycles. The Balaban J connectivity index is 1.54. The largest absolute Gasteiger partial charge is 0.374 e. The molecule has 1 aromatic heterocycles. The van der Waals surface area contributed by atoms with Gasteiger partial charge in [0.1, 0.15) is 0 Å². The van der Waals surface area contributed by atoms with E-state index in [-0.39, 0.29) is 17.7 Å². The quantitative estimate of drug-likeness (QED) is 0.529. The molecule has 0 saturated carbocycles. The number of benzene rings is 1. The third kappa shape index (κ3) is 5.22. The third-order valence-corrected chi connectivity index (χ3v) is 12.1. The number of carbonyl (C=O) groups excluding carboxylic acids is 2. The van der Waals surface area contributed by atoms with Gasteiger partial charge in [-0.05, 0) is 35.2 Å². The number of fused-ring (bicyclic) bond motifs is 1. The number of aromatic nitrogens is 1. The van der Waals surface area contributed by atoms with Crippen LogP contribution in [0.25, 0.3) is 10.9 Å². The molecule has 3 heterocycles. The minimum absolute atomic E-state index is 0.205. The Kier molecular flexibility index (Phi) is 6.91. The summed E-state index contributed by atoms with van der Waals surface area (Å²) in [5.74, 6) is -1.16. The van der Waals surface area contributed by atoms with E-state index in [0.29, 0.717) is 44.7 Å². The van der Waals surface area contributed by atoms with E-state index < -0.39 is 34.5 Å². The molecule has 1 atom stereocenters. The fourth-order valence-corrected chi connectivity index (χ4v) is 8.96. The minimum Gasteiger partial charge on any atom is -0.374 e. The number of aromatic amines is 1. The molecular formula is C23H32N3O6SSi. The highest BCUT2D eigenvalue weighted by atomic mass is 32.2. The number of nitrogens with zero attached hydrogens (tertiary/aromatic N) is 1. The fourth-order valence-electron chi connectivity index (χ4n) is 4.39. The lowest BCUT2D eigenvalue weighted by molar-refractivity contribution is -0.186. The van der Waals surface area contributed by atoms with E-state index in [4.69, 9.17) is 15.2 Å². The zero-order valence-corrected chi connectivity index (χ0v) is 21.4. The molecule has 34 heavy (non-hydrogen) atoms. The van der Waals surface area contributed by atoms with Gasteiger partial charge in [0.25, 0.3) is 0 Å². The van der Waals surface area contributed by atoms with E-state index >= 15 is 0 Å². The van der Waals surface area contributed by atoms with Crippen LogP contribution < -0.4 is 5.73 Å². The Bertz CT molecular complexity index is 1160. The highest BCUT2D eigenvalue weighted by Crippen LogP contribution is 2.34. The third-order valence-electron chi connectivity index (χ3n) is 6.92. The first-order valence-electron chi connectivity index (χ1n) is 11.5. The summed E-state index contributed by atoms with van der Waals surface area (Å²) in [6.07, 6.45) is 4.19. The molecule has 2 aromatic rings. The summed E-state index contributed by atoms with van der Waals surface area (Å²) < 4.78 is 38.5. The summed E-state index contributed by atoms with van der Waals surface area (Å²) >= 11 is 0. The van der Waals surface area contributed by atoms with Crippen molar-refractivity contribution in [1.82, 2.24) is 9.88 Å². The topological polar surface area (TPSA) is 132 Å². The van der Waals surface area contributed by atoms with Crippen LogP contribution in [0.3, 0.4) is 0 Å². The summed E-state index contributed by atoms with van der Waals surface area (Å²) in [5.41, 5.74) is 6.48. The van der Waals surface area contributed by atoms with Crippen molar-refractivity contribution in [2.75, 3.05) is 32.1 Å². The number of amides is 2. The highest BCUT2D eigenvalue weighted by Gasteiger charge is 2.42. The van der Waals surface area contributed by atoms with Crippen LogP contribution in [-0.2, 0) is 24.1 Å². The van der Waals surface area contributed by atoms with E-state index in [2.05, 4.69) is 4.98 Å². The van der Waals surface area contributed by atoms with Crippen LogP contribution in [0.4, 0.5) is 4.79 Å². The number of sulfone groups is 1. The van der Waals surface area contributed by atoms with Crippen LogP contribution in [0.15, 0.2) is 30.5 Å². The van der Waals surface area contributed by atoms with Gasteiger partial charge in [-0.1, -0.05) is 19.2 Å². The zero-order valence-electron chi connectivity index (χ0n) is 19.6. The van der Waals surface area contributed by atoms with Gasteiger partial charge in [0.05, 0.1) is 24.9 Å². The second kappa shape index (κ2) is 9.44. The molecular weight excluding hydrogens is 474 g/mol. The van der Waals surface area contributed by atoms with E-state index in [1.165, 1.54) is 6.42 Å². The van der Waals surface area contributed by atoms with Gasteiger partial charge < -0.3 is 25.1 Å². The van der Waals surface area contributed by atoms with Crippen LogP contribution in [0.2, 0.25) is 19.1 Å². The van der Waals surface area contributed by atoms with Crippen molar-refractivity contribution in [3.05, 3.63) is 42.4 Å². The summed E-state index contributed by atoms with van der Waals surface area (Å²) in [5, 5.41) is -0.257. The number of H-pyrrole nitrogens is 1. The molecule has 2 aliphatic rings. The smallest absolute Gasteiger partial charge is 0.228 e. The molecule has 9 nitrogen and oxygen atoms in total. The summed E-state index contributed by atoms with van der Waals surface area (Å²) in [6.45, 7) is 5.48. The lowest BCUT2D eigenvalue weighted by atomic mass is 10.0. The number of rotatable bonds is 8. The lowest BCUT2D eigenvalue weighted by Gasteiger charge is -2.38. The highest BCUT2D eigenvalue weighted by molar-refractivity contribution is 7.91. The molecule has 2 amide bonds. The summed E-state index contributed by atoms with van der Waals surface area (Å²) in [6, 6.07) is 7.40. The maximum absolute atomic E-state index is 13.5. The number of piperidine rings is 1. The van der Waals surface area contributed by atoms with Crippen molar-refractivity contribution in [2.45, 2.75) is 43.0 Å². The SMILES string of the molecule is C[Si](C)(CCS(=O)(=O)C([CH]C(=O)N1CCC2(CC1)OCCO2)c1ccc2[nH]ccc2c1)C(N)=O. The first-order chi connectivity index (χ1) is 16.0.